The van der Waals surface area contributed by atoms with E-state index in [0.717, 1.165) is 5.56 Å². The number of carbonyl (C=O) groups excluding carboxylic acids is 2. The summed E-state index contributed by atoms with van der Waals surface area (Å²) < 4.78 is 50.3. The Morgan fingerprint density at radius 3 is 2.06 bits per heavy atom. The molecule has 0 aliphatic rings. The average Bonchev–Trinajstić information content (AvgIpc) is 2.62. The van der Waals surface area contributed by atoms with Crippen LogP contribution in [0.5, 0.6) is 0 Å². The Morgan fingerprint density at radius 1 is 1.09 bits per heavy atom. The molecule has 1 rings (SSSR count). The molecule has 0 radical (unpaired) electrons. The van der Waals surface area contributed by atoms with E-state index >= 15 is 0 Å². The van der Waals surface area contributed by atoms with Crippen molar-refractivity contribution in [2.24, 2.45) is 23.3 Å². The average molecular weight is 475 g/mol. The lowest BCUT2D eigenvalue weighted by molar-refractivity contribution is -0.159. The smallest absolute Gasteiger partial charge is 0.307 e. The highest BCUT2D eigenvalue weighted by molar-refractivity contribution is 7.86. The molecular formula is C22H35FN2O6S. The number of benzene rings is 1. The first-order chi connectivity index (χ1) is 14.5. The van der Waals surface area contributed by atoms with Gasteiger partial charge in [-0.3, -0.25) is 19.5 Å². The van der Waals surface area contributed by atoms with Gasteiger partial charge in [0.2, 0.25) is 0 Å². The van der Waals surface area contributed by atoms with Crippen LogP contribution in [0.4, 0.5) is 4.39 Å². The molecule has 0 fully saturated rings. The van der Waals surface area contributed by atoms with Gasteiger partial charge in [0, 0.05) is 0 Å². The van der Waals surface area contributed by atoms with Crippen LogP contribution in [0.3, 0.4) is 0 Å². The predicted octanol–water partition coefficient (Wildman–Crippen LogP) is 2.61. The molecule has 0 aromatic heterocycles. The summed E-state index contributed by atoms with van der Waals surface area (Å²) in [4.78, 5) is 25.3. The number of halogens is 1. The molecule has 0 heterocycles. The van der Waals surface area contributed by atoms with E-state index in [9.17, 15) is 22.4 Å². The highest BCUT2D eigenvalue weighted by atomic mass is 32.2. The van der Waals surface area contributed by atoms with Crippen LogP contribution < -0.4 is 11.5 Å². The third-order valence-corrected chi connectivity index (χ3v) is 5.85. The van der Waals surface area contributed by atoms with Gasteiger partial charge in [0.05, 0.1) is 23.3 Å². The number of hydrogen-bond acceptors (Lipinski definition) is 8. The van der Waals surface area contributed by atoms with Crippen LogP contribution in [0.25, 0.3) is 0 Å². The fraction of sp³-hybridized carbons (Fsp3) is 0.636. The van der Waals surface area contributed by atoms with Crippen LogP contribution in [-0.2, 0) is 28.6 Å². The standard InChI is InChI=1S/C22H35FN2O6S/c1-13(2)11-17(24)19(27)16(12-18(26)30-22(4,5)6)20(21(23)25)31-32(28,29)15-9-7-14(3)8-10-15/h7-10,13,16-17,20-21H,11-12,24-25H2,1-6H3/t16?,17-,20?,21?/m0/s1. The highest BCUT2D eigenvalue weighted by Crippen LogP contribution is 2.26. The van der Waals surface area contributed by atoms with Gasteiger partial charge >= 0.3 is 5.97 Å². The molecule has 4 atom stereocenters. The van der Waals surface area contributed by atoms with Crippen molar-refractivity contribution in [1.82, 2.24) is 0 Å². The summed E-state index contributed by atoms with van der Waals surface area (Å²) in [7, 11) is -4.48. The first-order valence-electron chi connectivity index (χ1n) is 10.4. The van der Waals surface area contributed by atoms with Crippen LogP contribution in [0.15, 0.2) is 29.2 Å². The van der Waals surface area contributed by atoms with Gasteiger partial charge < -0.3 is 10.5 Å². The van der Waals surface area contributed by atoms with E-state index in [1.165, 1.54) is 12.1 Å². The molecule has 0 aliphatic heterocycles. The van der Waals surface area contributed by atoms with Crippen molar-refractivity contribution in [3.8, 4) is 0 Å². The largest absolute Gasteiger partial charge is 0.460 e. The SMILES string of the molecule is Cc1ccc(S(=O)(=O)OC(C(N)F)C(CC(=O)OC(C)(C)C)C(=O)[C@@H](N)CC(C)C)cc1. The van der Waals surface area contributed by atoms with Crippen molar-refractivity contribution >= 4 is 21.9 Å². The van der Waals surface area contributed by atoms with Crippen LogP contribution in [0.1, 0.15) is 53.0 Å². The third-order valence-electron chi connectivity index (χ3n) is 4.52. The maximum atomic E-state index is 14.4. The van der Waals surface area contributed by atoms with E-state index in [0.29, 0.717) is 0 Å². The minimum atomic E-state index is -4.48. The van der Waals surface area contributed by atoms with Crippen molar-refractivity contribution < 1.29 is 31.3 Å². The predicted molar refractivity (Wildman–Crippen MR) is 119 cm³/mol. The summed E-state index contributed by atoms with van der Waals surface area (Å²) in [5.41, 5.74) is 11.3. The molecular weight excluding hydrogens is 439 g/mol. The van der Waals surface area contributed by atoms with Crippen LogP contribution >= 0.6 is 0 Å². The zero-order valence-electron chi connectivity index (χ0n) is 19.5. The van der Waals surface area contributed by atoms with Crippen LogP contribution in [0, 0.1) is 18.8 Å². The summed E-state index contributed by atoms with van der Waals surface area (Å²) in [6.45, 7) is 10.3. The number of aryl methyl sites for hydroxylation is 1. The Bertz CT molecular complexity index is 879. The molecule has 0 saturated carbocycles. The van der Waals surface area contributed by atoms with Gasteiger partial charge in [-0.25, -0.2) is 4.39 Å². The van der Waals surface area contributed by atoms with E-state index in [-0.39, 0.29) is 17.2 Å². The van der Waals surface area contributed by atoms with Gasteiger partial charge in [0.25, 0.3) is 10.1 Å². The molecule has 10 heteroatoms. The zero-order chi connectivity index (χ0) is 24.9. The van der Waals surface area contributed by atoms with Gasteiger partial charge in [-0.1, -0.05) is 31.5 Å². The zero-order valence-corrected chi connectivity index (χ0v) is 20.3. The van der Waals surface area contributed by atoms with Crippen molar-refractivity contribution in [2.75, 3.05) is 0 Å². The van der Waals surface area contributed by atoms with Gasteiger partial charge in [-0.15, -0.1) is 0 Å². The summed E-state index contributed by atoms with van der Waals surface area (Å²) >= 11 is 0. The molecule has 0 aliphatic carbocycles. The second kappa shape index (κ2) is 11.3. The Kier molecular flexibility index (Phi) is 9.95. The molecule has 32 heavy (non-hydrogen) atoms. The summed E-state index contributed by atoms with van der Waals surface area (Å²) in [5, 5.41) is 0. The van der Waals surface area contributed by atoms with E-state index in [2.05, 4.69) is 0 Å². The molecule has 0 spiro atoms. The number of rotatable bonds is 11. The fourth-order valence-electron chi connectivity index (χ4n) is 3.09. The molecule has 0 amide bonds. The van der Waals surface area contributed by atoms with Gasteiger partial charge in [-0.05, 0) is 52.2 Å². The van der Waals surface area contributed by atoms with Gasteiger partial charge in [0.15, 0.2) is 12.1 Å². The third kappa shape index (κ3) is 8.93. The van der Waals surface area contributed by atoms with Crippen molar-refractivity contribution in [3.63, 3.8) is 0 Å². The summed E-state index contributed by atoms with van der Waals surface area (Å²) in [6, 6.07) is 4.61. The number of nitrogens with two attached hydrogens (primary N) is 2. The lowest BCUT2D eigenvalue weighted by Gasteiger charge is -2.29. The Morgan fingerprint density at radius 2 is 1.62 bits per heavy atom. The quantitative estimate of drug-likeness (QED) is 0.283. The number of carbonyl (C=O) groups is 2. The summed E-state index contributed by atoms with van der Waals surface area (Å²) in [6.07, 6.45) is -4.71. The molecule has 182 valence electrons. The molecule has 4 N–H and O–H groups in total. The van der Waals surface area contributed by atoms with Gasteiger partial charge in [-0.2, -0.15) is 8.42 Å². The van der Waals surface area contributed by atoms with E-state index in [1.54, 1.807) is 39.8 Å². The first kappa shape index (κ1) is 28.2. The van der Waals surface area contributed by atoms with Crippen LogP contribution in [0.2, 0.25) is 0 Å². The Balaban J connectivity index is 3.31. The highest BCUT2D eigenvalue weighted by Gasteiger charge is 2.41. The molecule has 1 aromatic rings. The van der Waals surface area contributed by atoms with Crippen molar-refractivity contribution in [2.45, 2.75) is 83.3 Å². The van der Waals surface area contributed by atoms with Crippen LogP contribution in [-0.4, -0.2) is 44.2 Å². The minimum absolute atomic E-state index is 0.0332. The minimum Gasteiger partial charge on any atom is -0.460 e. The van der Waals surface area contributed by atoms with Crippen molar-refractivity contribution in [3.05, 3.63) is 29.8 Å². The number of esters is 1. The Hall–Kier alpha value is -1.88. The fourth-order valence-corrected chi connectivity index (χ4v) is 4.20. The number of alkyl halides is 1. The first-order valence-corrected chi connectivity index (χ1v) is 11.8. The number of ketones is 1. The molecule has 8 nitrogen and oxygen atoms in total. The molecule has 1 aromatic carbocycles. The second-order valence-corrected chi connectivity index (χ2v) is 10.9. The second-order valence-electron chi connectivity index (χ2n) is 9.31. The van der Waals surface area contributed by atoms with E-state index < -0.39 is 58.3 Å². The van der Waals surface area contributed by atoms with Gasteiger partial charge in [0.1, 0.15) is 11.7 Å². The number of hydrogen-bond donors (Lipinski definition) is 2. The lowest BCUT2D eigenvalue weighted by atomic mass is 9.86. The maximum absolute atomic E-state index is 14.4. The normalized spacial score (nSPS) is 16.3. The Labute approximate surface area is 190 Å². The maximum Gasteiger partial charge on any atom is 0.307 e. The van der Waals surface area contributed by atoms with E-state index in [4.69, 9.17) is 20.4 Å². The number of ether oxygens (including phenoxy) is 1. The molecule has 0 bridgehead atoms. The molecule has 3 unspecified atom stereocenters. The topological polar surface area (TPSA) is 139 Å². The van der Waals surface area contributed by atoms with E-state index in [1.807, 2.05) is 13.8 Å². The summed E-state index contributed by atoms with van der Waals surface area (Å²) in [5.74, 6) is -3.07. The molecule has 0 saturated heterocycles. The monoisotopic (exact) mass is 474 g/mol. The lowest BCUT2D eigenvalue weighted by Crippen LogP contribution is -2.49. The number of Topliss-reactive ketones (excluding diaryl/α,β-unsaturated/α-hetero) is 1. The van der Waals surface area contributed by atoms with Crippen molar-refractivity contribution in [1.29, 1.82) is 0 Å².